The Kier molecular flexibility index (Phi) is 5.74. The molecule has 134 valence electrons. The van der Waals surface area contributed by atoms with Gasteiger partial charge in [0, 0.05) is 12.2 Å². The number of benzene rings is 2. The molecule has 2 rings (SSSR count). The Morgan fingerprint density at radius 1 is 1.16 bits per heavy atom. The van der Waals surface area contributed by atoms with Crippen molar-refractivity contribution >= 4 is 23.2 Å². The lowest BCUT2D eigenvalue weighted by Crippen LogP contribution is -2.14. The first kappa shape index (κ1) is 18.4. The third-order valence-corrected chi connectivity index (χ3v) is 3.34. The minimum atomic E-state index is -4.35. The number of nitrogens with one attached hydrogen (secondary N) is 2. The minimum absolute atomic E-state index is 0.249. The van der Waals surface area contributed by atoms with Crippen LogP contribution in [0.1, 0.15) is 18.1 Å². The molecule has 1 amide bonds. The summed E-state index contributed by atoms with van der Waals surface area (Å²) in [4.78, 5) is 11.4. The topological polar surface area (TPSA) is 76.4 Å². The van der Waals surface area contributed by atoms with E-state index >= 15 is 0 Å². The van der Waals surface area contributed by atoms with E-state index in [1.165, 1.54) is 12.1 Å². The van der Waals surface area contributed by atoms with Gasteiger partial charge < -0.3 is 15.8 Å². The Morgan fingerprint density at radius 2 is 1.84 bits per heavy atom. The maximum absolute atomic E-state index is 12.5. The number of nitrogens with two attached hydrogens (primary N) is 1. The standard InChI is InChI=1S/C17H18F3N3O2/c1-2-25-16(24)23-15-8-7-13(9-14(15)21)22-10-11-3-5-12(6-4-11)17(18,19)20/h3-9,22H,2,10,21H2,1H3,(H,23,24). The van der Waals surface area contributed by atoms with Crippen LogP contribution in [0.3, 0.4) is 0 Å². The lowest BCUT2D eigenvalue weighted by Gasteiger charge is -2.12. The van der Waals surface area contributed by atoms with Crippen LogP contribution in [0.2, 0.25) is 0 Å². The second kappa shape index (κ2) is 7.78. The van der Waals surface area contributed by atoms with E-state index in [1.54, 1.807) is 25.1 Å². The molecule has 4 N–H and O–H groups in total. The summed E-state index contributed by atoms with van der Waals surface area (Å²) in [6.07, 6.45) is -4.94. The van der Waals surface area contributed by atoms with Crippen molar-refractivity contribution in [1.82, 2.24) is 0 Å². The second-order valence-corrected chi connectivity index (χ2v) is 5.20. The molecule has 25 heavy (non-hydrogen) atoms. The summed E-state index contributed by atoms with van der Waals surface area (Å²) in [5, 5.41) is 5.57. The fourth-order valence-electron chi connectivity index (χ4n) is 2.08. The first-order chi connectivity index (χ1) is 11.8. The van der Waals surface area contributed by atoms with Crippen molar-refractivity contribution in [2.75, 3.05) is 23.0 Å². The highest BCUT2D eigenvalue weighted by Gasteiger charge is 2.29. The summed E-state index contributed by atoms with van der Waals surface area (Å²) in [5.41, 5.74) is 7.30. The largest absolute Gasteiger partial charge is 0.450 e. The average molecular weight is 353 g/mol. The van der Waals surface area contributed by atoms with Crippen LogP contribution in [0.5, 0.6) is 0 Å². The van der Waals surface area contributed by atoms with Crippen LogP contribution < -0.4 is 16.4 Å². The highest BCUT2D eigenvalue weighted by atomic mass is 19.4. The molecule has 0 spiro atoms. The van der Waals surface area contributed by atoms with Gasteiger partial charge in [-0.3, -0.25) is 5.32 Å². The van der Waals surface area contributed by atoms with Gasteiger partial charge in [0.1, 0.15) is 0 Å². The lowest BCUT2D eigenvalue weighted by molar-refractivity contribution is -0.137. The summed E-state index contributed by atoms with van der Waals surface area (Å²) in [5.74, 6) is 0. The van der Waals surface area contributed by atoms with Gasteiger partial charge in [0.05, 0.1) is 23.5 Å². The monoisotopic (exact) mass is 353 g/mol. The van der Waals surface area contributed by atoms with Gasteiger partial charge in [0.2, 0.25) is 0 Å². The van der Waals surface area contributed by atoms with Gasteiger partial charge in [-0.2, -0.15) is 13.2 Å². The Balaban J connectivity index is 1.97. The zero-order valence-corrected chi connectivity index (χ0v) is 13.5. The third kappa shape index (κ3) is 5.30. The Bertz CT molecular complexity index is 731. The summed E-state index contributed by atoms with van der Waals surface area (Å²) in [6.45, 7) is 2.28. The number of hydrogen-bond donors (Lipinski definition) is 3. The zero-order valence-electron chi connectivity index (χ0n) is 13.5. The molecule has 0 unspecified atom stereocenters. The van der Waals surface area contributed by atoms with E-state index in [0.717, 1.165) is 12.1 Å². The van der Waals surface area contributed by atoms with Crippen LogP contribution in [0.4, 0.5) is 35.0 Å². The van der Waals surface area contributed by atoms with E-state index in [9.17, 15) is 18.0 Å². The van der Waals surface area contributed by atoms with Crippen LogP contribution in [0.25, 0.3) is 0 Å². The molecule has 0 fully saturated rings. The van der Waals surface area contributed by atoms with E-state index < -0.39 is 17.8 Å². The molecule has 0 aliphatic carbocycles. The van der Waals surface area contributed by atoms with E-state index in [2.05, 4.69) is 10.6 Å². The summed E-state index contributed by atoms with van der Waals surface area (Å²) in [6, 6.07) is 9.83. The second-order valence-electron chi connectivity index (χ2n) is 5.20. The van der Waals surface area contributed by atoms with Crippen LogP contribution in [0, 0.1) is 0 Å². The number of carbonyl (C=O) groups is 1. The molecular weight excluding hydrogens is 335 g/mol. The Hall–Kier alpha value is -2.90. The van der Waals surface area contributed by atoms with E-state index in [-0.39, 0.29) is 6.61 Å². The fraction of sp³-hybridized carbons (Fsp3) is 0.235. The zero-order chi connectivity index (χ0) is 18.4. The van der Waals surface area contributed by atoms with Crippen molar-refractivity contribution in [3.63, 3.8) is 0 Å². The van der Waals surface area contributed by atoms with Crippen LogP contribution in [-0.4, -0.2) is 12.7 Å². The van der Waals surface area contributed by atoms with Gasteiger partial charge >= 0.3 is 12.3 Å². The average Bonchev–Trinajstić information content (AvgIpc) is 2.55. The smallest absolute Gasteiger partial charge is 0.416 e. The number of rotatable bonds is 5. The van der Waals surface area contributed by atoms with Crippen molar-refractivity contribution < 1.29 is 22.7 Å². The van der Waals surface area contributed by atoms with Crippen molar-refractivity contribution in [2.45, 2.75) is 19.6 Å². The van der Waals surface area contributed by atoms with Crippen molar-refractivity contribution in [1.29, 1.82) is 0 Å². The van der Waals surface area contributed by atoms with Gasteiger partial charge in [-0.1, -0.05) is 12.1 Å². The minimum Gasteiger partial charge on any atom is -0.450 e. The highest BCUT2D eigenvalue weighted by Crippen LogP contribution is 2.29. The molecule has 0 atom stereocenters. The number of anilines is 3. The van der Waals surface area contributed by atoms with Gasteiger partial charge in [-0.15, -0.1) is 0 Å². The maximum atomic E-state index is 12.5. The quantitative estimate of drug-likeness (QED) is 0.693. The number of amides is 1. The van der Waals surface area contributed by atoms with Gasteiger partial charge in [0.25, 0.3) is 0 Å². The van der Waals surface area contributed by atoms with Crippen LogP contribution >= 0.6 is 0 Å². The Morgan fingerprint density at radius 3 is 2.40 bits per heavy atom. The van der Waals surface area contributed by atoms with E-state index in [1.807, 2.05) is 0 Å². The van der Waals surface area contributed by atoms with Crippen molar-refractivity contribution in [3.8, 4) is 0 Å². The molecule has 0 saturated carbocycles. The summed E-state index contributed by atoms with van der Waals surface area (Å²) < 4.78 is 42.3. The normalized spacial score (nSPS) is 11.0. The summed E-state index contributed by atoms with van der Waals surface area (Å²) >= 11 is 0. The van der Waals surface area contributed by atoms with Crippen LogP contribution in [-0.2, 0) is 17.5 Å². The molecule has 0 aromatic heterocycles. The number of carbonyl (C=O) groups excluding carboxylic acids is 1. The first-order valence-corrected chi connectivity index (χ1v) is 7.53. The molecule has 8 heteroatoms. The summed E-state index contributed by atoms with van der Waals surface area (Å²) in [7, 11) is 0. The predicted octanol–water partition coefficient (Wildman–Crippen LogP) is 4.47. The maximum Gasteiger partial charge on any atom is 0.416 e. The van der Waals surface area contributed by atoms with Gasteiger partial charge in [0.15, 0.2) is 0 Å². The molecule has 2 aromatic carbocycles. The number of hydrogen-bond acceptors (Lipinski definition) is 4. The molecule has 0 radical (unpaired) electrons. The number of halogens is 3. The SMILES string of the molecule is CCOC(=O)Nc1ccc(NCc2ccc(C(F)(F)F)cc2)cc1N. The first-order valence-electron chi connectivity index (χ1n) is 7.53. The molecule has 0 heterocycles. The number of ether oxygens (including phenoxy) is 1. The van der Waals surface area contributed by atoms with Gasteiger partial charge in [-0.05, 0) is 42.8 Å². The third-order valence-electron chi connectivity index (χ3n) is 3.34. The number of nitrogen functional groups attached to an aromatic ring is 1. The van der Waals surface area contributed by atoms with Crippen molar-refractivity contribution in [2.24, 2.45) is 0 Å². The molecule has 0 aliphatic rings. The van der Waals surface area contributed by atoms with E-state index in [4.69, 9.17) is 10.5 Å². The lowest BCUT2D eigenvalue weighted by atomic mass is 10.1. The van der Waals surface area contributed by atoms with Crippen molar-refractivity contribution in [3.05, 3.63) is 53.6 Å². The molecule has 5 nitrogen and oxygen atoms in total. The molecule has 2 aromatic rings. The fourth-order valence-corrected chi connectivity index (χ4v) is 2.08. The van der Waals surface area contributed by atoms with Crippen LogP contribution in [0.15, 0.2) is 42.5 Å². The molecule has 0 bridgehead atoms. The predicted molar refractivity (Wildman–Crippen MR) is 90.3 cm³/mol. The van der Waals surface area contributed by atoms with Gasteiger partial charge in [-0.25, -0.2) is 4.79 Å². The molecule has 0 aliphatic heterocycles. The molecular formula is C17H18F3N3O2. The molecule has 0 saturated heterocycles. The number of alkyl halides is 3. The highest BCUT2D eigenvalue weighted by molar-refractivity contribution is 5.89. The van der Waals surface area contributed by atoms with E-state index in [0.29, 0.717) is 29.2 Å². The Labute approximate surface area is 143 Å².